The Kier molecular flexibility index (Phi) is 7.56. The number of nitrogens with zero attached hydrogens (tertiary/aromatic N) is 1. The minimum atomic E-state index is -3.90. The van der Waals surface area contributed by atoms with Gasteiger partial charge in [0.1, 0.15) is 0 Å². The first-order valence-electron chi connectivity index (χ1n) is 9.10. The van der Waals surface area contributed by atoms with Crippen molar-refractivity contribution in [3.8, 4) is 0 Å². The number of hydrogen-bond acceptors (Lipinski definition) is 5. The van der Waals surface area contributed by atoms with Gasteiger partial charge in [0.15, 0.2) is 0 Å². The first-order chi connectivity index (χ1) is 12.4. The molecule has 0 radical (unpaired) electrons. The number of nitrogens with one attached hydrogen (secondary N) is 1. The summed E-state index contributed by atoms with van der Waals surface area (Å²) in [6.45, 7) is 0.496. The smallest absolute Gasteiger partial charge is 0.305 e. The van der Waals surface area contributed by atoms with E-state index in [2.05, 4.69) is 5.32 Å². The van der Waals surface area contributed by atoms with Gasteiger partial charge in [-0.3, -0.25) is 14.9 Å². The Balaban J connectivity index is 1.82. The Morgan fingerprint density at radius 1 is 1.08 bits per heavy atom. The summed E-state index contributed by atoms with van der Waals surface area (Å²) in [5.74, 6) is -0.897. The van der Waals surface area contributed by atoms with Gasteiger partial charge in [0.2, 0.25) is 15.7 Å². The average molecular weight is 382 g/mol. The molecule has 0 heterocycles. The number of carbonyl (C=O) groups is 1. The molecule has 144 valence electrons. The van der Waals surface area contributed by atoms with Crippen LogP contribution in [0.3, 0.4) is 0 Å². The minimum absolute atomic E-state index is 0.0588. The molecular weight excluding hydrogens is 356 g/mol. The third kappa shape index (κ3) is 6.40. The van der Waals surface area contributed by atoms with E-state index in [4.69, 9.17) is 0 Å². The lowest BCUT2D eigenvalue weighted by Crippen LogP contribution is -2.32. The Morgan fingerprint density at radius 2 is 1.65 bits per heavy atom. The Hall–Kier alpha value is -1.96. The molecule has 0 atom stereocenters. The second-order valence-electron chi connectivity index (χ2n) is 6.80. The third-order valence-corrected chi connectivity index (χ3v) is 6.29. The number of benzene rings is 1. The molecule has 8 heteroatoms. The van der Waals surface area contributed by atoms with E-state index < -0.39 is 20.6 Å². The van der Waals surface area contributed by atoms with Crippen molar-refractivity contribution in [3.63, 3.8) is 0 Å². The van der Waals surface area contributed by atoms with E-state index >= 15 is 0 Å². The highest BCUT2D eigenvalue weighted by molar-refractivity contribution is 7.91. The van der Waals surface area contributed by atoms with Crippen LogP contribution >= 0.6 is 0 Å². The van der Waals surface area contributed by atoms with Gasteiger partial charge in [0.05, 0.1) is 4.90 Å². The molecule has 1 aromatic carbocycles. The summed E-state index contributed by atoms with van der Waals surface area (Å²) in [6.07, 6.45) is 8.39. The van der Waals surface area contributed by atoms with Crippen molar-refractivity contribution < 1.29 is 18.1 Å². The van der Waals surface area contributed by atoms with Crippen LogP contribution in [0.25, 0.3) is 0 Å². The van der Waals surface area contributed by atoms with Gasteiger partial charge in [0.25, 0.3) is 0 Å². The van der Waals surface area contributed by atoms with Crippen molar-refractivity contribution >= 4 is 15.7 Å². The predicted molar refractivity (Wildman–Crippen MR) is 98.0 cm³/mol. The third-order valence-electron chi connectivity index (χ3n) is 4.75. The van der Waals surface area contributed by atoms with Crippen molar-refractivity contribution in [1.82, 2.24) is 5.32 Å². The lowest BCUT2D eigenvalue weighted by molar-refractivity contribution is -0.458. The van der Waals surface area contributed by atoms with E-state index in [9.17, 15) is 23.3 Å². The van der Waals surface area contributed by atoms with Gasteiger partial charge in [0, 0.05) is 17.4 Å². The summed E-state index contributed by atoms with van der Waals surface area (Å²) in [7, 11) is -3.90. The normalized spacial score (nSPS) is 16.5. The molecule has 7 nitrogen and oxygen atoms in total. The maximum Gasteiger partial charge on any atom is 0.305 e. The maximum atomic E-state index is 12.3. The summed E-state index contributed by atoms with van der Waals surface area (Å²) in [5.41, 5.74) is 0.878. The summed E-state index contributed by atoms with van der Waals surface area (Å²) >= 11 is 0. The summed E-state index contributed by atoms with van der Waals surface area (Å²) < 4.78 is 23.6. The predicted octanol–water partition coefficient (Wildman–Crippen LogP) is 2.71. The van der Waals surface area contributed by atoms with Crippen molar-refractivity contribution in [3.05, 3.63) is 39.9 Å². The molecule has 1 aromatic rings. The number of carbonyl (C=O) groups excluding carboxylic acids is 1. The molecule has 1 N–H and O–H groups in total. The zero-order chi connectivity index (χ0) is 19.0. The summed E-state index contributed by atoms with van der Waals surface area (Å²) in [6, 6.07) is 6.03. The number of rotatable bonds is 7. The molecule has 1 amide bonds. The molecule has 2 rings (SSSR count). The SMILES string of the molecule is O=C(NCCc1ccc(S(=O)(=O)C[N+](=O)[O-])cc1)C1CCCCCCC1. The van der Waals surface area contributed by atoms with Crippen LogP contribution < -0.4 is 5.32 Å². The highest BCUT2D eigenvalue weighted by Crippen LogP contribution is 2.22. The van der Waals surface area contributed by atoms with E-state index in [1.54, 1.807) is 12.1 Å². The highest BCUT2D eigenvalue weighted by Gasteiger charge is 2.21. The molecule has 0 aliphatic heterocycles. The quantitative estimate of drug-likeness (QED) is 0.576. The number of hydrogen-bond donors (Lipinski definition) is 1. The fourth-order valence-corrected chi connectivity index (χ4v) is 4.25. The molecule has 1 aliphatic rings. The van der Waals surface area contributed by atoms with Crippen LogP contribution in [0.1, 0.15) is 50.5 Å². The molecule has 0 aromatic heterocycles. The first kappa shape index (κ1) is 20.4. The Labute approximate surface area is 154 Å². The van der Waals surface area contributed by atoms with E-state index in [1.165, 1.54) is 31.4 Å². The minimum Gasteiger partial charge on any atom is -0.356 e. The monoisotopic (exact) mass is 382 g/mol. The van der Waals surface area contributed by atoms with Gasteiger partial charge < -0.3 is 5.32 Å². The van der Waals surface area contributed by atoms with Crippen molar-refractivity contribution in [2.24, 2.45) is 5.92 Å². The number of amides is 1. The topological polar surface area (TPSA) is 106 Å². The molecule has 0 unspecified atom stereocenters. The second kappa shape index (κ2) is 9.66. The van der Waals surface area contributed by atoms with Gasteiger partial charge >= 0.3 is 5.88 Å². The van der Waals surface area contributed by atoms with Crippen molar-refractivity contribution in [2.45, 2.75) is 56.3 Å². The summed E-state index contributed by atoms with van der Waals surface area (Å²) in [4.78, 5) is 21.8. The van der Waals surface area contributed by atoms with Crippen LogP contribution in [0.15, 0.2) is 29.2 Å². The van der Waals surface area contributed by atoms with Gasteiger partial charge in [-0.2, -0.15) is 0 Å². The molecule has 1 fully saturated rings. The molecule has 0 saturated heterocycles. The fourth-order valence-electron chi connectivity index (χ4n) is 3.27. The van der Waals surface area contributed by atoms with Gasteiger partial charge in [-0.1, -0.05) is 44.2 Å². The van der Waals surface area contributed by atoms with E-state index in [-0.39, 0.29) is 16.7 Å². The highest BCUT2D eigenvalue weighted by atomic mass is 32.2. The van der Waals surface area contributed by atoms with Crippen LogP contribution in [0.5, 0.6) is 0 Å². The van der Waals surface area contributed by atoms with Crippen LogP contribution in [0.2, 0.25) is 0 Å². The van der Waals surface area contributed by atoms with E-state index in [0.29, 0.717) is 13.0 Å². The first-order valence-corrected chi connectivity index (χ1v) is 10.7. The molecular formula is C18H26N2O5S. The van der Waals surface area contributed by atoms with E-state index in [1.807, 2.05) is 0 Å². The Morgan fingerprint density at radius 3 is 2.23 bits per heavy atom. The van der Waals surface area contributed by atoms with Crippen molar-refractivity contribution in [1.29, 1.82) is 0 Å². The fraction of sp³-hybridized carbons (Fsp3) is 0.611. The van der Waals surface area contributed by atoms with Gasteiger partial charge in [-0.15, -0.1) is 0 Å². The standard InChI is InChI=1S/C18H26N2O5S/c21-18(16-6-4-2-1-3-5-7-16)19-13-12-15-8-10-17(11-9-15)26(24,25)14-20(22)23/h8-11,16H,1-7,12-14H2,(H,19,21). The van der Waals surface area contributed by atoms with Crippen LogP contribution in [0.4, 0.5) is 0 Å². The van der Waals surface area contributed by atoms with Gasteiger partial charge in [-0.25, -0.2) is 8.42 Å². The van der Waals surface area contributed by atoms with Gasteiger partial charge in [-0.05, 0) is 37.0 Å². The molecule has 0 bridgehead atoms. The number of sulfone groups is 1. The largest absolute Gasteiger partial charge is 0.356 e. The lowest BCUT2D eigenvalue weighted by Gasteiger charge is -2.19. The summed E-state index contributed by atoms with van der Waals surface area (Å²) in [5, 5.41) is 13.4. The maximum absolute atomic E-state index is 12.3. The van der Waals surface area contributed by atoms with Crippen molar-refractivity contribution in [2.75, 3.05) is 12.4 Å². The molecule has 26 heavy (non-hydrogen) atoms. The van der Waals surface area contributed by atoms with Crippen LogP contribution in [-0.2, 0) is 21.1 Å². The Bertz CT molecular complexity index is 708. The number of nitro groups is 1. The zero-order valence-corrected chi connectivity index (χ0v) is 15.7. The second-order valence-corrected chi connectivity index (χ2v) is 8.76. The van der Waals surface area contributed by atoms with Crippen LogP contribution in [-0.4, -0.2) is 31.7 Å². The molecule has 1 saturated carbocycles. The molecule has 0 spiro atoms. The molecule has 1 aliphatic carbocycles. The lowest BCUT2D eigenvalue weighted by atomic mass is 9.90. The zero-order valence-electron chi connectivity index (χ0n) is 14.9. The van der Waals surface area contributed by atoms with Crippen LogP contribution in [0, 0.1) is 16.0 Å². The van der Waals surface area contributed by atoms with E-state index in [0.717, 1.165) is 31.2 Å². The average Bonchev–Trinajstić information content (AvgIpc) is 2.53.